The third-order valence-electron chi connectivity index (χ3n) is 3.33. The Hall–Kier alpha value is -1.79. The van der Waals surface area contributed by atoms with E-state index in [9.17, 15) is 9.59 Å². The van der Waals surface area contributed by atoms with Crippen molar-refractivity contribution in [1.29, 1.82) is 0 Å². The number of benzene rings is 1. The predicted octanol–water partition coefficient (Wildman–Crippen LogP) is 1.44. The van der Waals surface area contributed by atoms with Crippen molar-refractivity contribution in [3.8, 4) is 0 Å². The summed E-state index contributed by atoms with van der Waals surface area (Å²) in [4.78, 5) is 26.4. The van der Waals surface area contributed by atoms with Crippen LogP contribution in [0.2, 0.25) is 0 Å². The first-order valence-electron chi connectivity index (χ1n) is 6.39. The minimum atomic E-state index is -0.146. The lowest BCUT2D eigenvalue weighted by atomic mass is 10.1. The molecule has 1 atom stereocenters. The van der Waals surface area contributed by atoms with Gasteiger partial charge in [-0.15, -0.1) is 11.8 Å². The van der Waals surface area contributed by atoms with Crippen molar-refractivity contribution >= 4 is 34.3 Å². The second kappa shape index (κ2) is 5.30. The fourth-order valence-electron chi connectivity index (χ4n) is 2.18. The zero-order chi connectivity index (χ0) is 14.1. The van der Waals surface area contributed by atoms with Crippen LogP contribution >= 0.6 is 11.8 Å². The second-order valence-corrected chi connectivity index (χ2v) is 5.87. The van der Waals surface area contributed by atoms with Crippen molar-refractivity contribution in [2.24, 2.45) is 0 Å². The van der Waals surface area contributed by atoms with Gasteiger partial charge < -0.3 is 10.3 Å². The molecule has 6 heteroatoms. The number of amides is 1. The predicted molar refractivity (Wildman–Crippen MR) is 82.2 cm³/mol. The highest BCUT2D eigenvalue weighted by Gasteiger charge is 2.22. The summed E-state index contributed by atoms with van der Waals surface area (Å²) in [5.74, 6) is 1.56. The summed E-state index contributed by atoms with van der Waals surface area (Å²) in [6, 6.07) is 7.23. The Balaban J connectivity index is 1.87. The molecule has 1 aliphatic rings. The normalized spacial score (nSPS) is 18.4. The van der Waals surface area contributed by atoms with E-state index in [1.807, 2.05) is 18.2 Å². The SMILES string of the molecule is Cc1cc2ccc(NC(=O)C3CSCN3)cc2[nH]c1=O. The number of rotatable bonds is 2. The lowest BCUT2D eigenvalue weighted by Crippen LogP contribution is -2.37. The zero-order valence-corrected chi connectivity index (χ0v) is 11.8. The number of pyridine rings is 1. The quantitative estimate of drug-likeness (QED) is 0.782. The van der Waals surface area contributed by atoms with E-state index in [4.69, 9.17) is 0 Å². The standard InChI is InChI=1S/C14H15N3O2S/c1-8-4-9-2-3-10(5-11(9)17-13(8)18)16-14(19)12-6-20-7-15-12/h2-5,12,15H,6-7H2,1H3,(H,16,19)(H,17,18). The molecule has 0 bridgehead atoms. The first-order chi connectivity index (χ1) is 9.63. The Morgan fingerprint density at radius 1 is 1.40 bits per heavy atom. The van der Waals surface area contributed by atoms with E-state index in [0.29, 0.717) is 11.3 Å². The Bertz CT molecular complexity index is 720. The number of aromatic nitrogens is 1. The highest BCUT2D eigenvalue weighted by atomic mass is 32.2. The van der Waals surface area contributed by atoms with Gasteiger partial charge in [-0.1, -0.05) is 6.07 Å². The number of thioether (sulfide) groups is 1. The van der Waals surface area contributed by atoms with Gasteiger partial charge in [0.2, 0.25) is 5.91 Å². The largest absolute Gasteiger partial charge is 0.325 e. The van der Waals surface area contributed by atoms with Crippen molar-refractivity contribution in [2.75, 3.05) is 16.9 Å². The van der Waals surface area contributed by atoms with Crippen LogP contribution in [-0.4, -0.2) is 28.6 Å². The number of aryl methyl sites for hydroxylation is 1. The van der Waals surface area contributed by atoms with Crippen LogP contribution in [0.3, 0.4) is 0 Å². The molecule has 2 aromatic rings. The number of anilines is 1. The number of nitrogens with one attached hydrogen (secondary N) is 3. The van der Waals surface area contributed by atoms with Crippen LogP contribution in [0.15, 0.2) is 29.1 Å². The molecule has 1 unspecified atom stereocenters. The van der Waals surface area contributed by atoms with E-state index in [1.165, 1.54) is 0 Å². The molecule has 1 aromatic heterocycles. The van der Waals surface area contributed by atoms with Gasteiger partial charge in [-0.3, -0.25) is 14.9 Å². The van der Waals surface area contributed by atoms with Crippen LogP contribution in [-0.2, 0) is 4.79 Å². The molecule has 20 heavy (non-hydrogen) atoms. The summed E-state index contributed by atoms with van der Waals surface area (Å²) >= 11 is 1.71. The van der Waals surface area contributed by atoms with E-state index >= 15 is 0 Å². The average molecular weight is 289 g/mol. The van der Waals surface area contributed by atoms with Crippen LogP contribution in [0.5, 0.6) is 0 Å². The van der Waals surface area contributed by atoms with Crippen LogP contribution in [0.4, 0.5) is 5.69 Å². The van der Waals surface area contributed by atoms with E-state index in [1.54, 1.807) is 24.8 Å². The number of fused-ring (bicyclic) bond motifs is 1. The van der Waals surface area contributed by atoms with Gasteiger partial charge in [-0.25, -0.2) is 0 Å². The van der Waals surface area contributed by atoms with Gasteiger partial charge in [0.15, 0.2) is 0 Å². The molecule has 1 aromatic carbocycles. The Morgan fingerprint density at radius 2 is 2.25 bits per heavy atom. The summed E-state index contributed by atoms with van der Waals surface area (Å²) in [5.41, 5.74) is 2.00. The number of H-pyrrole nitrogens is 1. The first-order valence-corrected chi connectivity index (χ1v) is 7.54. The molecule has 1 amide bonds. The molecule has 1 aliphatic heterocycles. The zero-order valence-electron chi connectivity index (χ0n) is 11.0. The van der Waals surface area contributed by atoms with Crippen LogP contribution in [0, 0.1) is 6.92 Å². The van der Waals surface area contributed by atoms with Crippen LogP contribution in [0.25, 0.3) is 10.9 Å². The molecule has 0 saturated carbocycles. The third-order valence-corrected chi connectivity index (χ3v) is 4.27. The lowest BCUT2D eigenvalue weighted by molar-refractivity contribution is -0.117. The van der Waals surface area contributed by atoms with Gasteiger partial charge in [-0.05, 0) is 30.5 Å². The van der Waals surface area contributed by atoms with E-state index in [-0.39, 0.29) is 17.5 Å². The molecule has 1 fully saturated rings. The third kappa shape index (κ3) is 2.57. The van der Waals surface area contributed by atoms with E-state index < -0.39 is 0 Å². The summed E-state index contributed by atoms with van der Waals surface area (Å²) < 4.78 is 0. The number of carbonyl (C=O) groups is 1. The van der Waals surface area contributed by atoms with Gasteiger partial charge in [0.25, 0.3) is 5.56 Å². The Morgan fingerprint density at radius 3 is 3.00 bits per heavy atom. The van der Waals surface area contributed by atoms with Crippen molar-refractivity contribution < 1.29 is 4.79 Å². The van der Waals surface area contributed by atoms with Crippen molar-refractivity contribution in [3.05, 3.63) is 40.2 Å². The number of hydrogen-bond donors (Lipinski definition) is 3. The molecule has 3 N–H and O–H groups in total. The van der Waals surface area contributed by atoms with Gasteiger partial charge in [0, 0.05) is 22.9 Å². The second-order valence-electron chi connectivity index (χ2n) is 4.84. The minimum absolute atomic E-state index is 0.0381. The molecular weight excluding hydrogens is 274 g/mol. The monoisotopic (exact) mass is 289 g/mol. The molecule has 1 saturated heterocycles. The topological polar surface area (TPSA) is 74.0 Å². The number of hydrogen-bond acceptors (Lipinski definition) is 4. The van der Waals surface area contributed by atoms with Gasteiger partial charge in [0.05, 0.1) is 11.6 Å². The molecule has 0 radical (unpaired) electrons. The highest BCUT2D eigenvalue weighted by Crippen LogP contribution is 2.18. The molecule has 104 valence electrons. The lowest BCUT2D eigenvalue weighted by Gasteiger charge is -2.11. The molecule has 0 spiro atoms. The maximum atomic E-state index is 12.0. The first kappa shape index (κ1) is 13.2. The Kier molecular flexibility index (Phi) is 3.50. The minimum Gasteiger partial charge on any atom is -0.325 e. The molecule has 0 aliphatic carbocycles. The average Bonchev–Trinajstić information content (AvgIpc) is 2.94. The summed E-state index contributed by atoms with van der Waals surface area (Å²) in [7, 11) is 0. The number of aromatic amines is 1. The molecular formula is C14H15N3O2S. The van der Waals surface area contributed by atoms with Crippen LogP contribution in [0.1, 0.15) is 5.56 Å². The number of carbonyl (C=O) groups excluding carboxylic acids is 1. The smallest absolute Gasteiger partial charge is 0.251 e. The van der Waals surface area contributed by atoms with Gasteiger partial charge >= 0.3 is 0 Å². The molecule has 5 nitrogen and oxygen atoms in total. The summed E-state index contributed by atoms with van der Waals surface area (Å²) in [6.45, 7) is 1.78. The van der Waals surface area contributed by atoms with E-state index in [2.05, 4.69) is 15.6 Å². The van der Waals surface area contributed by atoms with Crippen molar-refractivity contribution in [3.63, 3.8) is 0 Å². The summed E-state index contributed by atoms with van der Waals surface area (Å²) in [5, 5.41) is 6.95. The van der Waals surface area contributed by atoms with Crippen molar-refractivity contribution in [1.82, 2.24) is 10.3 Å². The highest BCUT2D eigenvalue weighted by molar-refractivity contribution is 7.99. The maximum Gasteiger partial charge on any atom is 0.251 e. The molecule has 3 rings (SSSR count). The van der Waals surface area contributed by atoms with Gasteiger partial charge in [0.1, 0.15) is 0 Å². The van der Waals surface area contributed by atoms with Crippen LogP contribution < -0.4 is 16.2 Å². The Labute approximate surface area is 120 Å². The van der Waals surface area contributed by atoms with Gasteiger partial charge in [-0.2, -0.15) is 0 Å². The summed E-state index contributed by atoms with van der Waals surface area (Å²) in [6.07, 6.45) is 0. The maximum absolute atomic E-state index is 12.0. The molecule has 2 heterocycles. The van der Waals surface area contributed by atoms with Crippen molar-refractivity contribution in [2.45, 2.75) is 13.0 Å². The van der Waals surface area contributed by atoms with E-state index in [0.717, 1.165) is 22.5 Å². The fraction of sp³-hybridized carbons (Fsp3) is 0.286. The fourth-order valence-corrected chi connectivity index (χ4v) is 3.12.